The Kier molecular flexibility index (Phi) is 6.89. The number of aryl methyl sites for hydroxylation is 1. The zero-order valence-corrected chi connectivity index (χ0v) is 23.3. The van der Waals surface area contributed by atoms with E-state index in [1.165, 1.54) is 0 Å². The van der Waals surface area contributed by atoms with Crippen LogP contribution in [0.25, 0.3) is 22.3 Å². The maximum atomic E-state index is 12.8. The molecule has 10 heteroatoms. The lowest BCUT2D eigenvalue weighted by Crippen LogP contribution is -2.28. The highest BCUT2D eigenvalue weighted by atomic mass is 79.9. The molecule has 0 saturated carbocycles. The standard InChI is InChI=1S/C27H31BrN6O3/c1-15-12-17(9-10-19(15)16(2)30-25(35)23-31-26(37-33-23)27(3,4)5)22-20-13-18(28)14-29-24(20)34(32-22)21-8-6-7-11-36-21/h9-10,12-14,16,21H,6-8,11H2,1-5H3,(H,30,35)/t16-,21?/m1/s1. The van der Waals surface area contributed by atoms with Gasteiger partial charge in [0.1, 0.15) is 5.69 Å². The van der Waals surface area contributed by atoms with E-state index in [0.29, 0.717) is 5.89 Å². The van der Waals surface area contributed by atoms with Crippen molar-refractivity contribution in [2.75, 3.05) is 6.61 Å². The van der Waals surface area contributed by atoms with Crippen LogP contribution in [0.2, 0.25) is 0 Å². The number of benzene rings is 1. The Morgan fingerprint density at radius 3 is 2.73 bits per heavy atom. The fraction of sp³-hybridized carbons (Fsp3) is 0.444. The molecule has 1 N–H and O–H groups in total. The lowest BCUT2D eigenvalue weighted by Gasteiger charge is -2.23. The molecule has 1 aromatic carbocycles. The van der Waals surface area contributed by atoms with E-state index >= 15 is 0 Å². The predicted molar refractivity (Wildman–Crippen MR) is 143 cm³/mol. The van der Waals surface area contributed by atoms with Gasteiger partial charge in [0, 0.05) is 33.6 Å². The van der Waals surface area contributed by atoms with Gasteiger partial charge < -0.3 is 14.6 Å². The predicted octanol–water partition coefficient (Wildman–Crippen LogP) is 6.04. The molecular weight excluding hydrogens is 536 g/mol. The number of hydrogen-bond donors (Lipinski definition) is 1. The number of rotatable bonds is 5. The topological polar surface area (TPSA) is 108 Å². The molecule has 5 rings (SSSR count). The molecule has 37 heavy (non-hydrogen) atoms. The van der Waals surface area contributed by atoms with Gasteiger partial charge in [0.05, 0.1) is 6.04 Å². The summed E-state index contributed by atoms with van der Waals surface area (Å²) in [6.07, 6.45) is 4.77. The molecule has 1 unspecified atom stereocenters. The number of hydrogen-bond acceptors (Lipinski definition) is 7. The molecule has 0 spiro atoms. The Labute approximate surface area is 224 Å². The van der Waals surface area contributed by atoms with Crippen molar-refractivity contribution in [3.05, 3.63) is 57.8 Å². The smallest absolute Gasteiger partial charge is 0.293 e. The quantitative estimate of drug-likeness (QED) is 0.313. The van der Waals surface area contributed by atoms with Gasteiger partial charge in [-0.05, 0) is 72.3 Å². The summed E-state index contributed by atoms with van der Waals surface area (Å²) in [5.74, 6) is 0.0895. The van der Waals surface area contributed by atoms with Gasteiger partial charge >= 0.3 is 0 Å². The second-order valence-corrected chi connectivity index (χ2v) is 11.5. The molecule has 3 aromatic heterocycles. The van der Waals surface area contributed by atoms with E-state index in [-0.39, 0.29) is 29.4 Å². The number of pyridine rings is 1. The number of nitrogens with one attached hydrogen (secondary N) is 1. The second-order valence-electron chi connectivity index (χ2n) is 10.6. The van der Waals surface area contributed by atoms with E-state index in [4.69, 9.17) is 14.4 Å². The number of carbonyl (C=O) groups excluding carboxylic acids is 1. The van der Waals surface area contributed by atoms with E-state index in [1.54, 1.807) is 6.20 Å². The second kappa shape index (κ2) is 9.98. The normalized spacial score (nSPS) is 17.2. The van der Waals surface area contributed by atoms with Gasteiger partial charge in [0.2, 0.25) is 5.89 Å². The van der Waals surface area contributed by atoms with Gasteiger partial charge in [-0.15, -0.1) is 0 Å². The van der Waals surface area contributed by atoms with Crippen molar-refractivity contribution < 1.29 is 14.1 Å². The van der Waals surface area contributed by atoms with Crippen molar-refractivity contribution in [1.82, 2.24) is 30.2 Å². The summed E-state index contributed by atoms with van der Waals surface area (Å²) in [7, 11) is 0. The van der Waals surface area contributed by atoms with Crippen LogP contribution in [0.1, 0.15) is 86.9 Å². The Bertz CT molecular complexity index is 1450. The zero-order chi connectivity index (χ0) is 26.3. The number of aromatic nitrogens is 5. The van der Waals surface area contributed by atoms with Crippen LogP contribution in [0, 0.1) is 6.92 Å². The Hall–Kier alpha value is -3.11. The van der Waals surface area contributed by atoms with Gasteiger partial charge in [-0.1, -0.05) is 38.1 Å². The molecule has 2 atom stereocenters. The summed E-state index contributed by atoms with van der Waals surface area (Å²) in [5, 5.41) is 12.8. The van der Waals surface area contributed by atoms with Gasteiger partial charge in [-0.2, -0.15) is 10.1 Å². The first-order chi connectivity index (χ1) is 17.6. The maximum Gasteiger partial charge on any atom is 0.293 e. The van der Waals surface area contributed by atoms with Crippen LogP contribution in [0.3, 0.4) is 0 Å². The fourth-order valence-electron chi connectivity index (χ4n) is 4.60. The minimum Gasteiger partial charge on any atom is -0.356 e. The van der Waals surface area contributed by atoms with Crippen LogP contribution < -0.4 is 5.32 Å². The van der Waals surface area contributed by atoms with Crippen molar-refractivity contribution in [3.8, 4) is 11.3 Å². The highest BCUT2D eigenvalue weighted by molar-refractivity contribution is 9.10. The van der Waals surface area contributed by atoms with Crippen molar-refractivity contribution in [3.63, 3.8) is 0 Å². The summed E-state index contributed by atoms with van der Waals surface area (Å²) in [6.45, 7) is 10.6. The summed E-state index contributed by atoms with van der Waals surface area (Å²) >= 11 is 3.56. The minimum atomic E-state index is -0.372. The van der Waals surface area contributed by atoms with Crippen LogP contribution in [0.15, 0.2) is 39.5 Å². The number of halogens is 1. The van der Waals surface area contributed by atoms with Crippen LogP contribution in [0.5, 0.6) is 0 Å². The van der Waals surface area contributed by atoms with E-state index in [2.05, 4.69) is 42.4 Å². The number of nitrogens with zero attached hydrogens (tertiary/aromatic N) is 5. The molecule has 1 saturated heterocycles. The van der Waals surface area contributed by atoms with Crippen molar-refractivity contribution in [2.24, 2.45) is 0 Å². The molecule has 4 heterocycles. The average molecular weight is 567 g/mol. The lowest BCUT2D eigenvalue weighted by atomic mass is 9.97. The average Bonchev–Trinajstić information content (AvgIpc) is 3.50. The van der Waals surface area contributed by atoms with E-state index < -0.39 is 0 Å². The molecule has 0 bridgehead atoms. The molecule has 9 nitrogen and oxygen atoms in total. The highest BCUT2D eigenvalue weighted by Crippen LogP contribution is 2.34. The first kappa shape index (κ1) is 25.5. The molecule has 1 aliphatic heterocycles. The van der Waals surface area contributed by atoms with Crippen LogP contribution in [0.4, 0.5) is 0 Å². The lowest BCUT2D eigenvalue weighted by molar-refractivity contribution is -0.0368. The molecule has 4 aromatic rings. The molecule has 0 radical (unpaired) electrons. The minimum absolute atomic E-state index is 0.0334. The molecular formula is C27H31BrN6O3. The monoisotopic (exact) mass is 566 g/mol. The van der Waals surface area contributed by atoms with Crippen molar-refractivity contribution >= 4 is 32.9 Å². The molecule has 0 aliphatic carbocycles. The number of carbonyl (C=O) groups is 1. The third-order valence-electron chi connectivity index (χ3n) is 6.57. The maximum absolute atomic E-state index is 12.8. The largest absolute Gasteiger partial charge is 0.356 e. The fourth-order valence-corrected chi connectivity index (χ4v) is 4.93. The van der Waals surface area contributed by atoms with E-state index in [0.717, 1.165) is 63.8 Å². The third-order valence-corrected chi connectivity index (χ3v) is 7.00. The zero-order valence-electron chi connectivity index (χ0n) is 21.7. The van der Waals surface area contributed by atoms with Crippen LogP contribution >= 0.6 is 15.9 Å². The SMILES string of the molecule is Cc1cc(-c2nn(C3CCCCO3)c3ncc(Br)cc23)ccc1[C@@H](C)NC(=O)c1noc(C(C)(C)C)n1. The highest BCUT2D eigenvalue weighted by Gasteiger charge is 2.26. The summed E-state index contributed by atoms with van der Waals surface area (Å²) in [5.41, 5.74) is 4.35. The van der Waals surface area contributed by atoms with Crippen molar-refractivity contribution in [2.45, 2.75) is 71.6 Å². The first-order valence-corrected chi connectivity index (χ1v) is 13.3. The number of amides is 1. The molecule has 194 valence electrons. The van der Waals surface area contributed by atoms with Crippen LogP contribution in [-0.4, -0.2) is 37.4 Å². The Morgan fingerprint density at radius 1 is 1.24 bits per heavy atom. The number of fused-ring (bicyclic) bond motifs is 1. The summed E-state index contributed by atoms with van der Waals surface area (Å²) < 4.78 is 14.1. The van der Waals surface area contributed by atoms with Gasteiger partial charge in [-0.25, -0.2) is 9.67 Å². The van der Waals surface area contributed by atoms with E-state index in [9.17, 15) is 4.79 Å². The van der Waals surface area contributed by atoms with Crippen LogP contribution in [-0.2, 0) is 10.2 Å². The van der Waals surface area contributed by atoms with E-state index in [1.807, 2.05) is 57.5 Å². The van der Waals surface area contributed by atoms with Gasteiger partial charge in [0.25, 0.3) is 11.7 Å². The van der Waals surface area contributed by atoms with Gasteiger partial charge in [-0.3, -0.25) is 4.79 Å². The van der Waals surface area contributed by atoms with Gasteiger partial charge in [0.15, 0.2) is 11.9 Å². The molecule has 1 amide bonds. The Balaban J connectivity index is 1.42. The molecule has 1 aliphatic rings. The van der Waals surface area contributed by atoms with Crippen molar-refractivity contribution in [1.29, 1.82) is 0 Å². The molecule has 1 fully saturated rings. The summed E-state index contributed by atoms with van der Waals surface area (Å²) in [6, 6.07) is 7.95. The number of ether oxygens (including phenoxy) is 1. The summed E-state index contributed by atoms with van der Waals surface area (Å²) in [4.78, 5) is 21.7. The third kappa shape index (κ3) is 5.17. The Morgan fingerprint density at radius 2 is 2.05 bits per heavy atom. The first-order valence-electron chi connectivity index (χ1n) is 12.5.